The van der Waals surface area contributed by atoms with Crippen LogP contribution in [0, 0.1) is 22.7 Å². The van der Waals surface area contributed by atoms with Gasteiger partial charge in [0.1, 0.15) is 23.4 Å². The van der Waals surface area contributed by atoms with E-state index in [1.807, 2.05) is 54.7 Å². The van der Waals surface area contributed by atoms with E-state index in [1.165, 1.54) is 10.4 Å². The molecule has 1 aromatic heterocycles. The van der Waals surface area contributed by atoms with Crippen molar-refractivity contribution in [3.8, 4) is 11.8 Å². The van der Waals surface area contributed by atoms with Crippen LogP contribution in [0.2, 0.25) is 0 Å². The molecule has 1 atom stereocenters. The van der Waals surface area contributed by atoms with E-state index in [0.29, 0.717) is 12.5 Å². The second kappa shape index (κ2) is 9.60. The number of nitriles is 1. The van der Waals surface area contributed by atoms with E-state index < -0.39 is 0 Å². The van der Waals surface area contributed by atoms with Crippen LogP contribution in [0.1, 0.15) is 54.3 Å². The Hall–Kier alpha value is -2.42. The van der Waals surface area contributed by atoms with Gasteiger partial charge >= 0.3 is 0 Å². The molecule has 0 amide bonds. The van der Waals surface area contributed by atoms with E-state index in [0.717, 1.165) is 51.2 Å². The first-order chi connectivity index (χ1) is 15.3. The number of thiophene rings is 1. The maximum atomic E-state index is 9.85. The molecule has 0 unspecified atom stereocenters. The van der Waals surface area contributed by atoms with E-state index in [2.05, 4.69) is 42.8 Å². The molecular weight excluding hydrogens is 480 g/mol. The predicted octanol–water partition coefficient (Wildman–Crippen LogP) is 7.86. The highest BCUT2D eigenvalue weighted by Gasteiger charge is 2.32. The monoisotopic (exact) mass is 506 g/mol. The fourth-order valence-electron chi connectivity index (χ4n) is 4.13. The van der Waals surface area contributed by atoms with Crippen molar-refractivity contribution in [3.05, 3.63) is 80.1 Å². The third-order valence-electron chi connectivity index (χ3n) is 6.11. The largest absolute Gasteiger partial charge is 0.488 e. The molecule has 0 N–H and O–H groups in total. The zero-order valence-corrected chi connectivity index (χ0v) is 21.1. The number of benzene rings is 2. The number of halogens is 1. The maximum Gasteiger partial charge on any atom is 0.134 e. The molecule has 5 heteroatoms. The molecule has 32 heavy (non-hydrogen) atoms. The normalized spacial score (nSPS) is 16.0. The lowest BCUT2D eigenvalue weighted by molar-refractivity contribution is 0.218. The van der Waals surface area contributed by atoms with Gasteiger partial charge < -0.3 is 4.74 Å². The first kappa shape index (κ1) is 22.8. The number of fused-ring (bicyclic) bond motifs is 1. The third-order valence-corrected chi connectivity index (χ3v) is 7.77. The summed E-state index contributed by atoms with van der Waals surface area (Å²) in [6.07, 6.45) is 4.96. The molecule has 1 aliphatic carbocycles. The van der Waals surface area contributed by atoms with Crippen molar-refractivity contribution in [2.45, 2.75) is 46.6 Å². The lowest BCUT2D eigenvalue weighted by Crippen LogP contribution is -2.26. The van der Waals surface area contributed by atoms with E-state index >= 15 is 0 Å². The molecule has 4 rings (SSSR count). The first-order valence-corrected chi connectivity index (χ1v) is 12.5. The van der Waals surface area contributed by atoms with Gasteiger partial charge in [-0.2, -0.15) is 5.26 Å². The van der Waals surface area contributed by atoms with Crippen LogP contribution in [0.3, 0.4) is 0 Å². The van der Waals surface area contributed by atoms with Crippen molar-refractivity contribution >= 4 is 38.5 Å². The molecule has 0 radical (unpaired) electrons. The van der Waals surface area contributed by atoms with E-state index in [1.54, 1.807) is 11.3 Å². The van der Waals surface area contributed by atoms with Crippen LogP contribution in [0.15, 0.2) is 58.0 Å². The molecule has 0 spiro atoms. The molecule has 0 saturated carbocycles. The van der Waals surface area contributed by atoms with Crippen LogP contribution in [-0.2, 0) is 19.4 Å². The van der Waals surface area contributed by atoms with Gasteiger partial charge in [-0.1, -0.05) is 67.0 Å². The minimum Gasteiger partial charge on any atom is -0.488 e. The van der Waals surface area contributed by atoms with Gasteiger partial charge in [0.05, 0.1) is 5.56 Å². The molecule has 0 aliphatic heterocycles. The van der Waals surface area contributed by atoms with Crippen LogP contribution in [0.5, 0.6) is 5.75 Å². The van der Waals surface area contributed by atoms with Gasteiger partial charge in [-0.05, 0) is 59.9 Å². The molecule has 3 nitrogen and oxygen atoms in total. The Morgan fingerprint density at radius 2 is 2.00 bits per heavy atom. The Labute approximate surface area is 202 Å². The van der Waals surface area contributed by atoms with Gasteiger partial charge in [0.25, 0.3) is 0 Å². The molecule has 0 bridgehead atoms. The van der Waals surface area contributed by atoms with Crippen molar-refractivity contribution in [3.63, 3.8) is 0 Å². The third kappa shape index (κ3) is 5.14. The average molecular weight is 507 g/mol. The molecule has 3 aromatic rings. The van der Waals surface area contributed by atoms with Crippen LogP contribution in [-0.4, -0.2) is 6.21 Å². The number of hydrogen-bond acceptors (Lipinski definition) is 4. The number of aliphatic imine (C=N–C) groups is 1. The Bertz CT molecular complexity index is 1170. The van der Waals surface area contributed by atoms with Gasteiger partial charge in [-0.15, -0.1) is 11.3 Å². The smallest absolute Gasteiger partial charge is 0.134 e. The van der Waals surface area contributed by atoms with Crippen molar-refractivity contribution in [2.75, 3.05) is 0 Å². The van der Waals surface area contributed by atoms with Gasteiger partial charge in [0.2, 0.25) is 0 Å². The number of nitrogens with zero attached hydrogens (tertiary/aromatic N) is 2. The molecule has 2 aromatic carbocycles. The van der Waals surface area contributed by atoms with Crippen molar-refractivity contribution in [2.24, 2.45) is 16.3 Å². The summed E-state index contributed by atoms with van der Waals surface area (Å²) in [6, 6.07) is 18.5. The molecule has 0 saturated heterocycles. The Morgan fingerprint density at radius 1 is 1.22 bits per heavy atom. The molecule has 1 aliphatic rings. The summed E-state index contributed by atoms with van der Waals surface area (Å²) in [5, 5.41) is 10.7. The van der Waals surface area contributed by atoms with Crippen molar-refractivity contribution in [1.82, 2.24) is 0 Å². The van der Waals surface area contributed by atoms with Crippen molar-refractivity contribution < 1.29 is 4.74 Å². The van der Waals surface area contributed by atoms with Crippen LogP contribution >= 0.6 is 27.3 Å². The molecule has 164 valence electrons. The van der Waals surface area contributed by atoms with E-state index in [-0.39, 0.29) is 5.41 Å². The summed E-state index contributed by atoms with van der Waals surface area (Å²) >= 11 is 5.22. The highest BCUT2D eigenvalue weighted by Crippen LogP contribution is 2.45. The predicted molar refractivity (Wildman–Crippen MR) is 136 cm³/mol. The zero-order valence-electron chi connectivity index (χ0n) is 18.7. The van der Waals surface area contributed by atoms with Crippen molar-refractivity contribution in [1.29, 1.82) is 5.26 Å². The SMILES string of the molecule is CC(C)(C)[C@@H]1CCc2c(sc(N=Cc3cc(Br)ccc3OCc3ccccc3)c2C#N)C1. The Balaban J connectivity index is 1.59. The second-order valence-corrected chi connectivity index (χ2v) is 11.3. The number of hydrogen-bond donors (Lipinski definition) is 0. The summed E-state index contributed by atoms with van der Waals surface area (Å²) in [4.78, 5) is 6.09. The summed E-state index contributed by atoms with van der Waals surface area (Å²) in [6.45, 7) is 7.43. The second-order valence-electron chi connectivity index (χ2n) is 9.32. The highest BCUT2D eigenvalue weighted by atomic mass is 79.9. The fourth-order valence-corrected chi connectivity index (χ4v) is 5.73. The summed E-state index contributed by atoms with van der Waals surface area (Å²) in [5.41, 5.74) is 4.23. The van der Waals surface area contributed by atoms with E-state index in [9.17, 15) is 5.26 Å². The standard InChI is InChI=1S/C27H27BrN2OS/c1-27(2,3)20-9-11-22-23(15-29)26(32-25(22)14-20)30-16-19-13-21(28)10-12-24(19)31-17-18-7-5-4-6-8-18/h4-8,10,12-13,16,20H,9,11,14,17H2,1-3H3/t20-/m1/s1. The average Bonchev–Trinajstić information content (AvgIpc) is 3.13. The van der Waals surface area contributed by atoms with Gasteiger partial charge in [0.15, 0.2) is 0 Å². The minimum absolute atomic E-state index is 0.277. The summed E-state index contributed by atoms with van der Waals surface area (Å²) in [7, 11) is 0. The minimum atomic E-state index is 0.277. The summed E-state index contributed by atoms with van der Waals surface area (Å²) in [5.74, 6) is 1.41. The number of rotatable bonds is 5. The van der Waals surface area contributed by atoms with Gasteiger partial charge in [-0.25, -0.2) is 4.99 Å². The molecule has 0 fully saturated rings. The van der Waals surface area contributed by atoms with Gasteiger partial charge in [0, 0.05) is 21.1 Å². The first-order valence-electron chi connectivity index (χ1n) is 10.9. The Kier molecular flexibility index (Phi) is 6.83. The summed E-state index contributed by atoms with van der Waals surface area (Å²) < 4.78 is 7.05. The maximum absolute atomic E-state index is 9.85. The number of ether oxygens (including phenoxy) is 1. The lowest BCUT2D eigenvalue weighted by Gasteiger charge is -2.33. The lowest BCUT2D eigenvalue weighted by atomic mass is 9.72. The zero-order chi connectivity index (χ0) is 22.7. The molecular formula is C27H27BrN2OS. The van der Waals surface area contributed by atoms with Crippen LogP contribution in [0.25, 0.3) is 0 Å². The topological polar surface area (TPSA) is 45.4 Å². The quantitative estimate of drug-likeness (QED) is 0.330. The highest BCUT2D eigenvalue weighted by molar-refractivity contribution is 9.10. The fraction of sp³-hybridized carbons (Fsp3) is 0.333. The molecule has 1 heterocycles. The van der Waals surface area contributed by atoms with Crippen LogP contribution in [0.4, 0.5) is 5.00 Å². The Morgan fingerprint density at radius 3 is 2.72 bits per heavy atom. The van der Waals surface area contributed by atoms with E-state index in [4.69, 9.17) is 9.73 Å². The van der Waals surface area contributed by atoms with Gasteiger partial charge in [-0.3, -0.25) is 0 Å². The van der Waals surface area contributed by atoms with Crippen LogP contribution < -0.4 is 4.74 Å².